The second kappa shape index (κ2) is 7.57. The lowest BCUT2D eigenvalue weighted by Gasteiger charge is -2.11. The van der Waals surface area contributed by atoms with E-state index >= 15 is 0 Å². The van der Waals surface area contributed by atoms with Crippen LogP contribution >= 0.6 is 0 Å². The summed E-state index contributed by atoms with van der Waals surface area (Å²) >= 11 is 0. The van der Waals surface area contributed by atoms with Crippen LogP contribution in [0.15, 0.2) is 23.4 Å². The Balaban J connectivity index is 2.58. The van der Waals surface area contributed by atoms with Crippen LogP contribution in [0, 0.1) is 0 Å². The minimum Gasteiger partial charge on any atom is -0.383 e. The van der Waals surface area contributed by atoms with E-state index < -0.39 is 22.8 Å². The Labute approximate surface area is 120 Å². The number of nitrogens with zero attached hydrogens (tertiary/aromatic N) is 1. The number of pyridine rings is 1. The molecule has 0 unspecified atom stereocenters. The van der Waals surface area contributed by atoms with Gasteiger partial charge in [0.25, 0.3) is 10.0 Å². The number of ether oxygens (including phenoxy) is 1. The number of alkyl halides is 3. The topological polar surface area (TPSA) is 80.3 Å². The fourth-order valence-corrected chi connectivity index (χ4v) is 2.55. The van der Waals surface area contributed by atoms with E-state index in [0.717, 1.165) is 0 Å². The molecule has 0 bridgehead atoms. The summed E-state index contributed by atoms with van der Waals surface area (Å²) in [5, 5.41) is 2.64. The maximum atomic E-state index is 12.0. The Morgan fingerprint density at radius 3 is 2.71 bits per heavy atom. The van der Waals surface area contributed by atoms with Crippen LogP contribution in [-0.4, -0.2) is 45.9 Å². The molecule has 0 atom stereocenters. The second-order valence-electron chi connectivity index (χ2n) is 3.95. The number of hydrogen-bond donors (Lipinski definition) is 2. The monoisotopic (exact) mass is 327 g/mol. The van der Waals surface area contributed by atoms with Crippen molar-refractivity contribution in [1.82, 2.24) is 9.71 Å². The first kappa shape index (κ1) is 17.7. The molecule has 6 nitrogen and oxygen atoms in total. The van der Waals surface area contributed by atoms with Crippen molar-refractivity contribution in [3.8, 4) is 0 Å². The van der Waals surface area contributed by atoms with Crippen molar-refractivity contribution in [3.63, 3.8) is 0 Å². The number of sulfonamides is 1. The second-order valence-corrected chi connectivity index (χ2v) is 5.63. The van der Waals surface area contributed by atoms with E-state index in [1.807, 2.05) is 0 Å². The van der Waals surface area contributed by atoms with Gasteiger partial charge in [0, 0.05) is 19.3 Å². The SMILES string of the molecule is CCNc1cccnc1S(=O)(=O)NCCOCC(F)(F)F. The summed E-state index contributed by atoms with van der Waals surface area (Å²) in [4.78, 5) is 3.77. The number of halogens is 3. The van der Waals surface area contributed by atoms with Gasteiger partial charge in [-0.2, -0.15) is 13.2 Å². The van der Waals surface area contributed by atoms with Gasteiger partial charge >= 0.3 is 6.18 Å². The zero-order valence-corrected chi connectivity index (χ0v) is 12.1. The lowest BCUT2D eigenvalue weighted by Crippen LogP contribution is -2.30. The molecular weight excluding hydrogens is 311 g/mol. The molecule has 0 aliphatic carbocycles. The minimum atomic E-state index is -4.43. The first-order valence-electron chi connectivity index (χ1n) is 6.09. The molecule has 0 fully saturated rings. The molecule has 1 aromatic rings. The van der Waals surface area contributed by atoms with E-state index in [2.05, 4.69) is 19.8 Å². The van der Waals surface area contributed by atoms with Gasteiger partial charge in [0.2, 0.25) is 0 Å². The van der Waals surface area contributed by atoms with Crippen LogP contribution in [0.1, 0.15) is 6.92 Å². The van der Waals surface area contributed by atoms with Crippen LogP contribution < -0.4 is 10.0 Å². The predicted octanol–water partition coefficient (Wildman–Crippen LogP) is 1.37. The molecule has 0 aromatic carbocycles. The summed E-state index contributed by atoms with van der Waals surface area (Å²) in [6.45, 7) is 0.217. The molecule has 1 rings (SSSR count). The van der Waals surface area contributed by atoms with Crippen molar-refractivity contribution in [3.05, 3.63) is 18.3 Å². The third-order valence-corrected chi connectivity index (χ3v) is 3.62. The van der Waals surface area contributed by atoms with Gasteiger partial charge in [-0.3, -0.25) is 0 Å². The Morgan fingerprint density at radius 2 is 2.10 bits per heavy atom. The van der Waals surface area contributed by atoms with Crippen LogP contribution in [0.25, 0.3) is 0 Å². The molecular formula is C11H16F3N3O3S. The molecule has 0 radical (unpaired) electrons. The molecule has 21 heavy (non-hydrogen) atoms. The van der Waals surface area contributed by atoms with E-state index in [9.17, 15) is 21.6 Å². The fraction of sp³-hybridized carbons (Fsp3) is 0.545. The molecule has 0 saturated heterocycles. The number of aromatic nitrogens is 1. The van der Waals surface area contributed by atoms with Crippen molar-refractivity contribution in [2.45, 2.75) is 18.1 Å². The largest absolute Gasteiger partial charge is 0.411 e. The van der Waals surface area contributed by atoms with Crippen LogP contribution in [0.2, 0.25) is 0 Å². The van der Waals surface area contributed by atoms with Gasteiger partial charge in [-0.25, -0.2) is 18.1 Å². The summed E-state index contributed by atoms with van der Waals surface area (Å²) in [6, 6.07) is 3.12. The van der Waals surface area contributed by atoms with Crippen LogP contribution in [0.3, 0.4) is 0 Å². The van der Waals surface area contributed by atoms with Crippen molar-refractivity contribution in [1.29, 1.82) is 0 Å². The van der Waals surface area contributed by atoms with E-state index in [0.29, 0.717) is 12.2 Å². The molecule has 120 valence electrons. The third-order valence-electron chi connectivity index (χ3n) is 2.20. The van der Waals surface area contributed by atoms with Crippen molar-refractivity contribution < 1.29 is 26.3 Å². The molecule has 0 aliphatic heterocycles. The Bertz CT molecular complexity index is 549. The van der Waals surface area contributed by atoms with Crippen LogP contribution in [0.5, 0.6) is 0 Å². The minimum absolute atomic E-state index is 0.206. The number of nitrogens with one attached hydrogen (secondary N) is 2. The molecule has 0 aliphatic rings. The molecule has 0 spiro atoms. The van der Waals surface area contributed by atoms with E-state index in [1.165, 1.54) is 6.20 Å². The predicted molar refractivity (Wildman–Crippen MR) is 70.5 cm³/mol. The summed E-state index contributed by atoms with van der Waals surface area (Å²) in [5.74, 6) is 0. The lowest BCUT2D eigenvalue weighted by atomic mass is 10.4. The normalized spacial score (nSPS) is 12.4. The van der Waals surface area contributed by atoms with Gasteiger partial charge in [-0.15, -0.1) is 0 Å². The van der Waals surface area contributed by atoms with Crippen LogP contribution in [0.4, 0.5) is 18.9 Å². The fourth-order valence-electron chi connectivity index (χ4n) is 1.43. The van der Waals surface area contributed by atoms with Crippen molar-refractivity contribution >= 4 is 15.7 Å². The summed E-state index contributed by atoms with van der Waals surface area (Å²) in [6.07, 6.45) is -3.12. The number of anilines is 1. The van der Waals surface area contributed by atoms with Crippen molar-refractivity contribution in [2.24, 2.45) is 0 Å². The van der Waals surface area contributed by atoms with E-state index in [1.54, 1.807) is 19.1 Å². The molecule has 1 aromatic heterocycles. The number of hydrogen-bond acceptors (Lipinski definition) is 5. The molecule has 2 N–H and O–H groups in total. The molecule has 10 heteroatoms. The molecule has 1 heterocycles. The molecule has 0 amide bonds. The third kappa shape index (κ3) is 6.27. The highest BCUT2D eigenvalue weighted by Crippen LogP contribution is 2.17. The average molecular weight is 327 g/mol. The maximum Gasteiger partial charge on any atom is 0.411 e. The summed E-state index contributed by atoms with van der Waals surface area (Å²) in [5.41, 5.74) is 0.323. The van der Waals surface area contributed by atoms with Gasteiger partial charge in [0.15, 0.2) is 5.03 Å². The highest BCUT2D eigenvalue weighted by molar-refractivity contribution is 7.89. The van der Waals surface area contributed by atoms with Gasteiger partial charge in [0.1, 0.15) is 6.61 Å². The maximum absolute atomic E-state index is 12.0. The van der Waals surface area contributed by atoms with Gasteiger partial charge < -0.3 is 10.1 Å². The zero-order chi connectivity index (χ0) is 15.9. The number of rotatable bonds is 8. The van der Waals surface area contributed by atoms with Crippen LogP contribution in [-0.2, 0) is 14.8 Å². The first-order chi connectivity index (χ1) is 9.76. The zero-order valence-electron chi connectivity index (χ0n) is 11.3. The van der Waals surface area contributed by atoms with Gasteiger partial charge in [-0.1, -0.05) is 0 Å². The average Bonchev–Trinajstić information content (AvgIpc) is 2.37. The Morgan fingerprint density at radius 1 is 1.38 bits per heavy atom. The highest BCUT2D eigenvalue weighted by Gasteiger charge is 2.27. The Kier molecular flexibility index (Phi) is 6.37. The summed E-state index contributed by atoms with van der Waals surface area (Å²) < 4.78 is 66.0. The standard InChI is InChI=1S/C11H16F3N3O3S/c1-2-15-9-4-3-5-16-10(9)21(18,19)17-6-7-20-8-11(12,13)14/h3-5,15,17H,2,6-8H2,1H3. The van der Waals surface area contributed by atoms with Crippen molar-refractivity contribution in [2.75, 3.05) is 31.6 Å². The smallest absolute Gasteiger partial charge is 0.383 e. The Hall–Kier alpha value is -1.39. The van der Waals surface area contributed by atoms with Gasteiger partial charge in [-0.05, 0) is 19.1 Å². The van der Waals surface area contributed by atoms with E-state index in [4.69, 9.17) is 0 Å². The quantitative estimate of drug-likeness (QED) is 0.705. The first-order valence-corrected chi connectivity index (χ1v) is 7.57. The molecule has 0 saturated carbocycles. The highest BCUT2D eigenvalue weighted by atomic mass is 32.2. The summed E-state index contributed by atoms with van der Waals surface area (Å²) in [7, 11) is -3.91. The van der Waals surface area contributed by atoms with E-state index in [-0.39, 0.29) is 18.2 Å². The van der Waals surface area contributed by atoms with Gasteiger partial charge in [0.05, 0.1) is 12.3 Å². The lowest BCUT2D eigenvalue weighted by molar-refractivity contribution is -0.173.